The van der Waals surface area contributed by atoms with Gasteiger partial charge in [0, 0.05) is 6.20 Å². The van der Waals surface area contributed by atoms with Crippen molar-refractivity contribution in [1.82, 2.24) is 9.88 Å². The van der Waals surface area contributed by atoms with E-state index in [4.69, 9.17) is 0 Å². The van der Waals surface area contributed by atoms with Crippen LogP contribution < -0.4 is 0 Å². The summed E-state index contributed by atoms with van der Waals surface area (Å²) in [7, 11) is 0. The van der Waals surface area contributed by atoms with Crippen LogP contribution in [0.25, 0.3) is 0 Å². The molecule has 1 aliphatic heterocycles. The van der Waals surface area contributed by atoms with Crippen molar-refractivity contribution in [3.63, 3.8) is 0 Å². The maximum atomic E-state index is 11.6. The molecule has 1 aliphatic rings. The summed E-state index contributed by atoms with van der Waals surface area (Å²) in [5, 5.41) is 9.54. The van der Waals surface area contributed by atoms with Crippen LogP contribution in [0, 0.1) is 6.92 Å². The predicted octanol–water partition coefficient (Wildman–Crippen LogP) is 3.56. The van der Waals surface area contributed by atoms with Crippen LogP contribution >= 0.6 is 0 Å². The Hall–Kier alpha value is -1.42. The second-order valence-electron chi connectivity index (χ2n) is 5.95. The number of unbranched alkanes of at least 4 members (excludes halogenated alkanes) is 1. The van der Waals surface area contributed by atoms with Crippen LogP contribution in [0.1, 0.15) is 62.7 Å². The van der Waals surface area contributed by atoms with E-state index in [9.17, 15) is 9.90 Å². The molecule has 1 aromatic heterocycles. The topological polar surface area (TPSA) is 53.4 Å². The minimum atomic E-state index is -0.690. The largest absolute Gasteiger partial charge is 0.480 e. The van der Waals surface area contributed by atoms with E-state index >= 15 is 0 Å². The number of nitrogens with zero attached hydrogens (tertiary/aromatic N) is 2. The molecule has 116 valence electrons. The number of piperidine rings is 1. The number of aromatic nitrogens is 1. The number of hydrogen-bond acceptors (Lipinski definition) is 3. The molecule has 0 bridgehead atoms. The van der Waals surface area contributed by atoms with E-state index in [0.717, 1.165) is 56.3 Å². The molecule has 0 aliphatic carbocycles. The van der Waals surface area contributed by atoms with Crippen molar-refractivity contribution in [2.45, 2.75) is 64.5 Å². The summed E-state index contributed by atoms with van der Waals surface area (Å²) in [4.78, 5) is 18.3. The third-order valence-corrected chi connectivity index (χ3v) is 4.43. The lowest BCUT2D eigenvalue weighted by atomic mass is 9.94. The molecule has 1 N–H and O–H groups in total. The molecule has 0 radical (unpaired) electrons. The van der Waals surface area contributed by atoms with E-state index in [-0.39, 0.29) is 12.1 Å². The van der Waals surface area contributed by atoms with E-state index in [2.05, 4.69) is 29.8 Å². The zero-order chi connectivity index (χ0) is 15.2. The smallest absolute Gasteiger partial charge is 0.320 e. The second kappa shape index (κ2) is 7.55. The summed E-state index contributed by atoms with van der Waals surface area (Å²) in [6.45, 7) is 5.11. The fraction of sp³-hybridized carbons (Fsp3) is 0.647. The Morgan fingerprint density at radius 1 is 1.52 bits per heavy atom. The number of pyridine rings is 1. The lowest BCUT2D eigenvalue weighted by molar-refractivity contribution is -0.146. The molecule has 2 rings (SSSR count). The zero-order valence-electron chi connectivity index (χ0n) is 13.1. The van der Waals surface area contributed by atoms with Crippen LogP contribution in [0.15, 0.2) is 18.3 Å². The minimum Gasteiger partial charge on any atom is -0.480 e. The van der Waals surface area contributed by atoms with Gasteiger partial charge in [-0.05, 0) is 44.4 Å². The second-order valence-corrected chi connectivity index (χ2v) is 5.95. The van der Waals surface area contributed by atoms with Gasteiger partial charge in [0.1, 0.15) is 6.04 Å². The van der Waals surface area contributed by atoms with E-state index in [1.807, 2.05) is 12.3 Å². The van der Waals surface area contributed by atoms with Crippen molar-refractivity contribution in [3.8, 4) is 0 Å². The molecule has 0 aromatic carbocycles. The number of aliphatic carboxylic acids is 1. The normalized spacial score (nSPS) is 21.1. The van der Waals surface area contributed by atoms with E-state index < -0.39 is 5.97 Å². The zero-order valence-corrected chi connectivity index (χ0v) is 13.1. The maximum Gasteiger partial charge on any atom is 0.320 e. The number of hydrogen-bond donors (Lipinski definition) is 1. The molecule has 1 aromatic rings. The van der Waals surface area contributed by atoms with Crippen LogP contribution in [-0.2, 0) is 4.79 Å². The molecular formula is C17H26N2O2. The van der Waals surface area contributed by atoms with Crippen molar-refractivity contribution in [1.29, 1.82) is 0 Å². The van der Waals surface area contributed by atoms with Crippen LogP contribution in [0.3, 0.4) is 0 Å². The number of rotatable bonds is 6. The Morgan fingerprint density at radius 2 is 2.33 bits per heavy atom. The third kappa shape index (κ3) is 3.82. The lowest BCUT2D eigenvalue weighted by Gasteiger charge is -2.39. The summed E-state index contributed by atoms with van der Waals surface area (Å²) in [6.07, 6.45) is 7.87. The van der Waals surface area contributed by atoms with Crippen molar-refractivity contribution in [2.24, 2.45) is 0 Å². The van der Waals surface area contributed by atoms with Gasteiger partial charge in [0.2, 0.25) is 0 Å². The number of carbonyl (C=O) groups is 1. The average molecular weight is 290 g/mol. The SMILES string of the molecule is CCCCC(c1ncccc1C)N1CCCCC1C(=O)O. The van der Waals surface area contributed by atoms with Crippen LogP contribution in [0.4, 0.5) is 0 Å². The fourth-order valence-corrected chi connectivity index (χ4v) is 3.30. The molecule has 0 spiro atoms. The molecule has 1 saturated heterocycles. The molecule has 4 nitrogen and oxygen atoms in total. The predicted molar refractivity (Wildman–Crippen MR) is 83.2 cm³/mol. The van der Waals surface area contributed by atoms with Gasteiger partial charge >= 0.3 is 5.97 Å². The highest BCUT2D eigenvalue weighted by molar-refractivity contribution is 5.73. The summed E-state index contributed by atoms with van der Waals surface area (Å²) in [6, 6.07) is 3.79. The van der Waals surface area contributed by atoms with Gasteiger partial charge in [-0.15, -0.1) is 0 Å². The summed E-state index contributed by atoms with van der Waals surface area (Å²) < 4.78 is 0. The van der Waals surface area contributed by atoms with Crippen molar-refractivity contribution >= 4 is 5.97 Å². The van der Waals surface area contributed by atoms with E-state index in [0.29, 0.717) is 0 Å². The molecular weight excluding hydrogens is 264 g/mol. The van der Waals surface area contributed by atoms with Gasteiger partial charge in [-0.25, -0.2) is 0 Å². The number of likely N-dealkylation sites (tertiary alicyclic amines) is 1. The monoisotopic (exact) mass is 290 g/mol. The highest BCUT2D eigenvalue weighted by Crippen LogP contribution is 2.33. The van der Waals surface area contributed by atoms with Crippen LogP contribution in [-0.4, -0.2) is 33.5 Å². The Bertz CT molecular complexity index is 476. The van der Waals surface area contributed by atoms with Gasteiger partial charge in [0.05, 0.1) is 11.7 Å². The Morgan fingerprint density at radius 3 is 3.00 bits per heavy atom. The van der Waals surface area contributed by atoms with Crippen molar-refractivity contribution < 1.29 is 9.90 Å². The van der Waals surface area contributed by atoms with Crippen molar-refractivity contribution in [2.75, 3.05) is 6.54 Å². The fourth-order valence-electron chi connectivity index (χ4n) is 3.30. The molecule has 4 heteroatoms. The van der Waals surface area contributed by atoms with Gasteiger partial charge in [0.15, 0.2) is 0 Å². The Labute approximate surface area is 127 Å². The van der Waals surface area contributed by atoms with Gasteiger partial charge in [-0.3, -0.25) is 14.7 Å². The first kappa shape index (κ1) is 16.0. The Kier molecular flexibility index (Phi) is 5.74. The van der Waals surface area contributed by atoms with Gasteiger partial charge in [-0.2, -0.15) is 0 Å². The minimum absolute atomic E-state index is 0.132. The quantitative estimate of drug-likeness (QED) is 0.870. The molecule has 2 atom stereocenters. The summed E-state index contributed by atoms with van der Waals surface area (Å²) in [5.74, 6) is -0.690. The molecule has 0 saturated carbocycles. The van der Waals surface area contributed by atoms with E-state index in [1.54, 1.807) is 0 Å². The van der Waals surface area contributed by atoms with Crippen LogP contribution in [0.5, 0.6) is 0 Å². The molecule has 21 heavy (non-hydrogen) atoms. The van der Waals surface area contributed by atoms with Gasteiger partial charge in [-0.1, -0.05) is 32.3 Å². The van der Waals surface area contributed by atoms with Gasteiger partial charge in [0.25, 0.3) is 0 Å². The number of carboxylic acids is 1. The maximum absolute atomic E-state index is 11.6. The molecule has 2 heterocycles. The first-order valence-electron chi connectivity index (χ1n) is 8.05. The summed E-state index contributed by atoms with van der Waals surface area (Å²) >= 11 is 0. The number of aryl methyl sites for hydroxylation is 1. The average Bonchev–Trinajstić information content (AvgIpc) is 2.49. The van der Waals surface area contributed by atoms with Crippen molar-refractivity contribution in [3.05, 3.63) is 29.6 Å². The first-order valence-corrected chi connectivity index (χ1v) is 8.05. The molecule has 2 unspecified atom stereocenters. The standard InChI is InChI=1S/C17H26N2O2/c1-3-4-9-14(16-13(2)8-7-11-18-16)19-12-6-5-10-15(19)17(20)21/h7-8,11,14-15H,3-6,9-10,12H2,1-2H3,(H,20,21). The highest BCUT2D eigenvalue weighted by Gasteiger charge is 2.34. The van der Waals surface area contributed by atoms with Gasteiger partial charge < -0.3 is 5.11 Å². The summed E-state index contributed by atoms with van der Waals surface area (Å²) in [5.41, 5.74) is 2.22. The first-order chi connectivity index (χ1) is 10.1. The third-order valence-electron chi connectivity index (χ3n) is 4.43. The Balaban J connectivity index is 2.30. The van der Waals surface area contributed by atoms with E-state index in [1.165, 1.54) is 0 Å². The number of carboxylic acid groups (broad SMARTS) is 1. The molecule has 1 fully saturated rings. The highest BCUT2D eigenvalue weighted by atomic mass is 16.4. The lowest BCUT2D eigenvalue weighted by Crippen LogP contribution is -2.46. The van der Waals surface area contributed by atoms with Crippen LogP contribution in [0.2, 0.25) is 0 Å². The molecule has 0 amide bonds.